The Balaban J connectivity index is 2.46. The molecule has 24 heavy (non-hydrogen) atoms. The second-order valence-electron chi connectivity index (χ2n) is 4.75. The van der Waals surface area contributed by atoms with Crippen LogP contribution in [-0.2, 0) is 14.1 Å². The molecule has 0 amide bonds. The Morgan fingerprint density at radius 2 is 1.88 bits per heavy atom. The van der Waals surface area contributed by atoms with Crippen LogP contribution in [0.25, 0.3) is 11.1 Å². The third-order valence-corrected chi connectivity index (χ3v) is 3.48. The molecule has 128 valence electrons. The summed E-state index contributed by atoms with van der Waals surface area (Å²) in [5.41, 5.74) is 1.21. The van der Waals surface area contributed by atoms with Crippen molar-refractivity contribution in [3.8, 4) is 22.6 Å². The third kappa shape index (κ3) is 4.73. The SMILES string of the molecule is COC(=O)CNc1cc(OP(=O)(O)O)c(O)c(-c2ccccc2)c1. The first kappa shape index (κ1) is 17.8. The molecular weight excluding hydrogens is 337 g/mol. The maximum atomic E-state index is 11.2. The summed E-state index contributed by atoms with van der Waals surface area (Å²) in [5.74, 6) is -1.35. The molecule has 0 atom stereocenters. The first-order valence-corrected chi connectivity index (χ1v) is 8.31. The molecule has 0 spiro atoms. The Morgan fingerprint density at radius 1 is 1.21 bits per heavy atom. The van der Waals surface area contributed by atoms with Crippen LogP contribution in [0.4, 0.5) is 5.69 Å². The molecule has 0 bridgehead atoms. The Hall–Kier alpha value is -2.54. The van der Waals surface area contributed by atoms with Gasteiger partial charge in [-0.25, -0.2) is 4.57 Å². The molecule has 0 saturated heterocycles. The number of rotatable bonds is 6. The lowest BCUT2D eigenvalue weighted by atomic mass is 10.0. The number of phenolic OH excluding ortho intramolecular Hbond substituents is 1. The third-order valence-electron chi connectivity index (χ3n) is 3.04. The highest BCUT2D eigenvalue weighted by atomic mass is 31.2. The summed E-state index contributed by atoms with van der Waals surface area (Å²) in [6.07, 6.45) is 0. The van der Waals surface area contributed by atoms with Crippen molar-refractivity contribution in [2.45, 2.75) is 0 Å². The van der Waals surface area contributed by atoms with Gasteiger partial charge in [0.2, 0.25) is 0 Å². The van der Waals surface area contributed by atoms with E-state index in [4.69, 9.17) is 9.79 Å². The van der Waals surface area contributed by atoms with Gasteiger partial charge in [0.15, 0.2) is 11.5 Å². The minimum atomic E-state index is -4.87. The van der Waals surface area contributed by atoms with Gasteiger partial charge in [0.05, 0.1) is 7.11 Å². The molecule has 0 aliphatic carbocycles. The maximum Gasteiger partial charge on any atom is 0.524 e. The van der Waals surface area contributed by atoms with Gasteiger partial charge in [-0.3, -0.25) is 14.6 Å². The zero-order chi connectivity index (χ0) is 17.7. The molecular formula is C15H16NO7P. The number of ether oxygens (including phenoxy) is 1. The topological polar surface area (TPSA) is 125 Å². The van der Waals surface area contributed by atoms with Gasteiger partial charge in [-0.2, -0.15) is 0 Å². The van der Waals surface area contributed by atoms with E-state index in [1.807, 2.05) is 0 Å². The second-order valence-corrected chi connectivity index (χ2v) is 5.91. The van der Waals surface area contributed by atoms with Gasteiger partial charge < -0.3 is 19.7 Å². The minimum absolute atomic E-state index is 0.162. The number of nitrogens with one attached hydrogen (secondary N) is 1. The molecule has 8 nitrogen and oxygen atoms in total. The summed E-state index contributed by atoms with van der Waals surface area (Å²) in [7, 11) is -3.63. The van der Waals surface area contributed by atoms with Crippen molar-refractivity contribution in [3.05, 3.63) is 42.5 Å². The number of anilines is 1. The van der Waals surface area contributed by atoms with Crippen LogP contribution in [0, 0.1) is 0 Å². The van der Waals surface area contributed by atoms with Gasteiger partial charge in [-0.15, -0.1) is 0 Å². The van der Waals surface area contributed by atoms with E-state index in [2.05, 4.69) is 14.6 Å². The summed E-state index contributed by atoms with van der Waals surface area (Å²) in [6.45, 7) is -0.162. The number of methoxy groups -OCH3 is 1. The second kappa shape index (κ2) is 7.35. The van der Waals surface area contributed by atoms with E-state index >= 15 is 0 Å². The highest BCUT2D eigenvalue weighted by molar-refractivity contribution is 7.46. The van der Waals surface area contributed by atoms with E-state index in [-0.39, 0.29) is 12.1 Å². The lowest BCUT2D eigenvalue weighted by Gasteiger charge is -2.15. The van der Waals surface area contributed by atoms with E-state index < -0.39 is 25.3 Å². The van der Waals surface area contributed by atoms with Crippen LogP contribution in [0.2, 0.25) is 0 Å². The fourth-order valence-electron chi connectivity index (χ4n) is 1.99. The highest BCUT2D eigenvalue weighted by Gasteiger charge is 2.21. The van der Waals surface area contributed by atoms with Crippen LogP contribution >= 0.6 is 7.82 Å². The maximum absolute atomic E-state index is 11.2. The monoisotopic (exact) mass is 353 g/mol. The van der Waals surface area contributed by atoms with E-state index in [9.17, 15) is 14.5 Å². The molecule has 0 heterocycles. The Labute approximate surface area is 137 Å². The zero-order valence-electron chi connectivity index (χ0n) is 12.7. The van der Waals surface area contributed by atoms with Crippen LogP contribution in [0.15, 0.2) is 42.5 Å². The van der Waals surface area contributed by atoms with E-state index in [0.29, 0.717) is 11.3 Å². The van der Waals surface area contributed by atoms with Crippen LogP contribution in [0.5, 0.6) is 11.5 Å². The van der Waals surface area contributed by atoms with Crippen molar-refractivity contribution >= 4 is 19.5 Å². The molecule has 0 fully saturated rings. The number of phosphoric ester groups is 1. The minimum Gasteiger partial charge on any atom is -0.504 e. The molecule has 0 aromatic heterocycles. The van der Waals surface area contributed by atoms with Crippen molar-refractivity contribution in [2.75, 3.05) is 19.0 Å². The molecule has 0 aliphatic heterocycles. The van der Waals surface area contributed by atoms with Gasteiger partial charge in [0, 0.05) is 17.3 Å². The molecule has 2 aromatic carbocycles. The molecule has 0 unspecified atom stereocenters. The molecule has 0 radical (unpaired) electrons. The highest BCUT2D eigenvalue weighted by Crippen LogP contribution is 2.46. The summed E-state index contributed by atoms with van der Waals surface area (Å²) in [6, 6.07) is 11.4. The molecule has 0 saturated carbocycles. The van der Waals surface area contributed by atoms with Crippen molar-refractivity contribution in [1.29, 1.82) is 0 Å². The van der Waals surface area contributed by atoms with Gasteiger partial charge in [-0.1, -0.05) is 30.3 Å². The quantitative estimate of drug-likeness (QED) is 0.353. The number of carbonyl (C=O) groups is 1. The number of hydrogen-bond donors (Lipinski definition) is 4. The Morgan fingerprint density at radius 3 is 2.46 bits per heavy atom. The van der Waals surface area contributed by atoms with Crippen LogP contribution in [0.1, 0.15) is 0 Å². The first-order valence-electron chi connectivity index (χ1n) is 6.78. The summed E-state index contributed by atoms with van der Waals surface area (Å²) in [5, 5.41) is 13.0. The molecule has 4 N–H and O–H groups in total. The number of esters is 1. The average Bonchev–Trinajstić information content (AvgIpc) is 2.54. The van der Waals surface area contributed by atoms with Crippen LogP contribution < -0.4 is 9.84 Å². The summed E-state index contributed by atoms with van der Waals surface area (Å²) in [4.78, 5) is 29.2. The van der Waals surface area contributed by atoms with Gasteiger partial charge in [0.25, 0.3) is 0 Å². The number of benzene rings is 2. The summed E-state index contributed by atoms with van der Waals surface area (Å²) >= 11 is 0. The van der Waals surface area contributed by atoms with E-state index in [1.165, 1.54) is 19.2 Å². The van der Waals surface area contributed by atoms with Gasteiger partial charge >= 0.3 is 13.8 Å². The smallest absolute Gasteiger partial charge is 0.504 e. The average molecular weight is 353 g/mol. The predicted molar refractivity (Wildman–Crippen MR) is 86.7 cm³/mol. The largest absolute Gasteiger partial charge is 0.524 e. The van der Waals surface area contributed by atoms with Gasteiger partial charge in [-0.05, 0) is 11.6 Å². The van der Waals surface area contributed by atoms with Crippen molar-refractivity contribution in [3.63, 3.8) is 0 Å². The van der Waals surface area contributed by atoms with Crippen LogP contribution in [0.3, 0.4) is 0 Å². The zero-order valence-corrected chi connectivity index (χ0v) is 13.6. The van der Waals surface area contributed by atoms with Gasteiger partial charge in [0.1, 0.15) is 6.54 Å². The van der Waals surface area contributed by atoms with Crippen molar-refractivity contribution < 1.29 is 33.5 Å². The number of phenols is 1. The first-order chi connectivity index (χ1) is 11.3. The number of phosphoric acid groups is 1. The number of carbonyl (C=O) groups excluding carboxylic acids is 1. The fraction of sp³-hybridized carbons (Fsp3) is 0.133. The normalized spacial score (nSPS) is 11.0. The standard InChI is InChI=1S/C15H16NO7P/c1-22-14(17)9-16-11-7-12(10-5-3-2-4-6-10)15(18)13(8-11)23-24(19,20)21/h2-8,16,18H,9H2,1H3,(H2,19,20,21). The summed E-state index contributed by atoms with van der Waals surface area (Å²) < 4.78 is 20.1. The molecule has 0 aliphatic rings. The number of hydrogen-bond acceptors (Lipinski definition) is 6. The Bertz CT molecular complexity index is 773. The lowest BCUT2D eigenvalue weighted by molar-refractivity contribution is -0.138. The molecule has 2 rings (SSSR count). The van der Waals surface area contributed by atoms with E-state index in [0.717, 1.165) is 0 Å². The number of aromatic hydroxyl groups is 1. The molecule has 9 heteroatoms. The fourth-order valence-corrected chi connectivity index (χ4v) is 2.39. The van der Waals surface area contributed by atoms with Crippen molar-refractivity contribution in [1.82, 2.24) is 0 Å². The van der Waals surface area contributed by atoms with E-state index in [1.54, 1.807) is 30.3 Å². The van der Waals surface area contributed by atoms with Crippen molar-refractivity contribution in [2.24, 2.45) is 0 Å². The predicted octanol–water partition coefficient (Wildman–Crippen LogP) is 2.12. The Kier molecular flexibility index (Phi) is 5.46. The van der Waals surface area contributed by atoms with Crippen LogP contribution in [-0.4, -0.2) is 34.5 Å². The molecule has 2 aromatic rings. The lowest BCUT2D eigenvalue weighted by Crippen LogP contribution is -2.15.